The number of amides is 4. The van der Waals surface area contributed by atoms with Crippen LogP contribution in [0.3, 0.4) is 0 Å². The molecule has 0 N–H and O–H groups in total. The molecule has 2 aliphatic rings. The average molecular weight is 498 g/mol. The number of ether oxygens (including phenoxy) is 1. The van der Waals surface area contributed by atoms with Crippen molar-refractivity contribution in [2.45, 2.75) is 13.5 Å². The van der Waals surface area contributed by atoms with E-state index in [4.69, 9.17) is 4.74 Å². The van der Waals surface area contributed by atoms with Gasteiger partial charge in [-0.2, -0.15) is 0 Å². The lowest BCUT2D eigenvalue weighted by molar-refractivity contribution is -0.123. The molecule has 0 spiro atoms. The molecule has 0 radical (unpaired) electrons. The number of hydrogen-bond donors (Lipinski definition) is 0. The maximum atomic E-state index is 13.4. The van der Waals surface area contributed by atoms with Crippen LogP contribution in [-0.2, 0) is 16.1 Å². The molecule has 4 rings (SSSR count). The number of carbonyl (C=O) groups excluding carboxylic acids is 4. The van der Waals surface area contributed by atoms with Gasteiger partial charge >= 0.3 is 6.09 Å². The molecule has 0 aliphatic carbocycles. The van der Waals surface area contributed by atoms with Crippen LogP contribution in [0.2, 0.25) is 0 Å². The summed E-state index contributed by atoms with van der Waals surface area (Å²) in [5, 5.41) is -0.417. The van der Waals surface area contributed by atoms with Gasteiger partial charge in [0.25, 0.3) is 17.1 Å². The lowest BCUT2D eigenvalue weighted by Crippen LogP contribution is -2.50. The molecule has 8 nitrogen and oxygen atoms in total. The summed E-state index contributed by atoms with van der Waals surface area (Å²) in [6.45, 7) is 3.71. The van der Waals surface area contributed by atoms with Crippen molar-refractivity contribution in [2.75, 3.05) is 32.8 Å². The van der Waals surface area contributed by atoms with Crippen molar-refractivity contribution in [1.29, 1.82) is 0 Å². The minimum absolute atomic E-state index is 0.00334. The van der Waals surface area contributed by atoms with Crippen LogP contribution >= 0.6 is 11.8 Å². The van der Waals surface area contributed by atoms with Gasteiger partial charge in [0, 0.05) is 31.7 Å². The van der Waals surface area contributed by atoms with Crippen molar-refractivity contribution in [3.8, 4) is 0 Å². The van der Waals surface area contributed by atoms with Gasteiger partial charge in [-0.15, -0.1) is 0 Å². The third kappa shape index (κ3) is 5.71. The maximum absolute atomic E-state index is 13.4. The second kappa shape index (κ2) is 10.7. The van der Waals surface area contributed by atoms with Crippen LogP contribution in [0, 0.1) is 5.82 Å². The van der Waals surface area contributed by atoms with Crippen LogP contribution in [0.5, 0.6) is 0 Å². The van der Waals surface area contributed by atoms with Crippen molar-refractivity contribution < 1.29 is 28.3 Å². The van der Waals surface area contributed by atoms with E-state index in [0.29, 0.717) is 49.5 Å². The Hall–Kier alpha value is -3.66. The highest BCUT2D eigenvalue weighted by atomic mass is 32.2. The minimum Gasteiger partial charge on any atom is -0.450 e. The summed E-state index contributed by atoms with van der Waals surface area (Å²) in [6, 6.07) is 12.5. The van der Waals surface area contributed by atoms with Crippen LogP contribution in [-0.4, -0.2) is 70.6 Å². The van der Waals surface area contributed by atoms with Gasteiger partial charge in [-0.05, 0) is 60.2 Å². The molecule has 0 bridgehead atoms. The second-order valence-electron chi connectivity index (χ2n) is 8.00. The molecule has 0 atom stereocenters. The molecule has 10 heteroatoms. The Bertz CT molecular complexity index is 1180. The quantitative estimate of drug-likeness (QED) is 0.581. The smallest absolute Gasteiger partial charge is 0.409 e. The topological polar surface area (TPSA) is 87.2 Å². The van der Waals surface area contributed by atoms with E-state index in [1.807, 2.05) is 0 Å². The largest absolute Gasteiger partial charge is 0.450 e. The van der Waals surface area contributed by atoms with Crippen LogP contribution in [0.1, 0.15) is 28.4 Å². The fourth-order valence-corrected chi connectivity index (χ4v) is 4.66. The Labute approximate surface area is 206 Å². The summed E-state index contributed by atoms with van der Waals surface area (Å²) >= 11 is 0.826. The Morgan fingerprint density at radius 2 is 1.71 bits per heavy atom. The van der Waals surface area contributed by atoms with Crippen LogP contribution in [0.4, 0.5) is 14.0 Å². The van der Waals surface area contributed by atoms with Gasteiger partial charge in [0.15, 0.2) is 0 Å². The Balaban J connectivity index is 1.38. The molecule has 2 heterocycles. The first kappa shape index (κ1) is 24.5. The summed E-state index contributed by atoms with van der Waals surface area (Å²) in [6.07, 6.45) is 1.23. The van der Waals surface area contributed by atoms with E-state index in [2.05, 4.69) is 0 Å². The average Bonchev–Trinajstić information content (AvgIpc) is 3.11. The molecule has 0 saturated carbocycles. The summed E-state index contributed by atoms with van der Waals surface area (Å²) < 4.78 is 18.4. The number of imide groups is 1. The fraction of sp³-hybridized carbons (Fsp3) is 0.280. The zero-order chi connectivity index (χ0) is 24.9. The van der Waals surface area contributed by atoms with Gasteiger partial charge in [-0.25, -0.2) is 9.18 Å². The van der Waals surface area contributed by atoms with E-state index in [1.165, 1.54) is 18.2 Å². The molecular formula is C25H24FN3O5S. The van der Waals surface area contributed by atoms with E-state index in [-0.39, 0.29) is 23.5 Å². The van der Waals surface area contributed by atoms with Gasteiger partial charge in [-0.3, -0.25) is 19.3 Å². The minimum atomic E-state index is -0.441. The third-order valence-electron chi connectivity index (χ3n) is 5.65. The highest BCUT2D eigenvalue weighted by Gasteiger charge is 2.35. The van der Waals surface area contributed by atoms with E-state index in [0.717, 1.165) is 16.7 Å². The molecule has 2 aromatic carbocycles. The number of nitrogens with zero attached hydrogens (tertiary/aromatic N) is 3. The first-order valence-electron chi connectivity index (χ1n) is 11.2. The molecule has 2 saturated heterocycles. The SMILES string of the molecule is CCOC(=O)N1CCN(C(=O)c2ccc(/C=C3\SC(=O)N(Cc4cccc(F)c4)C3=O)cc2)CC1. The van der Waals surface area contributed by atoms with E-state index in [1.54, 1.807) is 53.1 Å². The number of thioether (sulfide) groups is 1. The maximum Gasteiger partial charge on any atom is 0.409 e. The lowest BCUT2D eigenvalue weighted by atomic mass is 10.1. The van der Waals surface area contributed by atoms with Crippen molar-refractivity contribution in [2.24, 2.45) is 0 Å². The third-order valence-corrected chi connectivity index (χ3v) is 6.56. The molecule has 2 aliphatic heterocycles. The highest BCUT2D eigenvalue weighted by Crippen LogP contribution is 2.33. The summed E-state index contributed by atoms with van der Waals surface area (Å²) in [5.74, 6) is -1.01. The van der Waals surface area contributed by atoms with Gasteiger partial charge in [0.05, 0.1) is 18.1 Å². The first-order valence-corrected chi connectivity index (χ1v) is 12.0. The Kier molecular flexibility index (Phi) is 7.50. The van der Waals surface area contributed by atoms with E-state index < -0.39 is 17.0 Å². The molecule has 182 valence electrons. The number of halogens is 1. The fourth-order valence-electron chi connectivity index (χ4n) is 3.82. The number of carbonyl (C=O) groups is 4. The molecule has 35 heavy (non-hydrogen) atoms. The van der Waals surface area contributed by atoms with Crippen LogP contribution < -0.4 is 0 Å². The Morgan fingerprint density at radius 3 is 2.37 bits per heavy atom. The predicted molar refractivity (Wildman–Crippen MR) is 129 cm³/mol. The monoisotopic (exact) mass is 497 g/mol. The second-order valence-corrected chi connectivity index (χ2v) is 8.99. The predicted octanol–water partition coefficient (Wildman–Crippen LogP) is 3.98. The van der Waals surface area contributed by atoms with Crippen LogP contribution in [0.25, 0.3) is 6.08 Å². The van der Waals surface area contributed by atoms with Crippen molar-refractivity contribution in [3.63, 3.8) is 0 Å². The normalized spacial score (nSPS) is 17.3. The van der Waals surface area contributed by atoms with Crippen molar-refractivity contribution in [1.82, 2.24) is 14.7 Å². The molecule has 0 unspecified atom stereocenters. The van der Waals surface area contributed by atoms with Crippen LogP contribution in [0.15, 0.2) is 53.4 Å². The van der Waals surface area contributed by atoms with Gasteiger partial charge in [-0.1, -0.05) is 24.3 Å². The molecule has 0 aromatic heterocycles. The van der Waals surface area contributed by atoms with E-state index in [9.17, 15) is 23.6 Å². The van der Waals surface area contributed by atoms with Gasteiger partial charge < -0.3 is 14.5 Å². The molecule has 2 fully saturated rings. The number of hydrogen-bond acceptors (Lipinski definition) is 6. The summed E-state index contributed by atoms with van der Waals surface area (Å²) in [4.78, 5) is 54.3. The van der Waals surface area contributed by atoms with Crippen molar-refractivity contribution >= 4 is 41.0 Å². The van der Waals surface area contributed by atoms with E-state index >= 15 is 0 Å². The number of rotatable bonds is 5. The molecule has 4 amide bonds. The highest BCUT2D eigenvalue weighted by molar-refractivity contribution is 8.18. The van der Waals surface area contributed by atoms with Gasteiger partial charge in [0.2, 0.25) is 0 Å². The van der Waals surface area contributed by atoms with Gasteiger partial charge in [0.1, 0.15) is 5.82 Å². The summed E-state index contributed by atoms with van der Waals surface area (Å²) in [5.41, 5.74) is 1.69. The summed E-state index contributed by atoms with van der Waals surface area (Å²) in [7, 11) is 0. The zero-order valence-electron chi connectivity index (χ0n) is 19.1. The van der Waals surface area contributed by atoms with Crippen molar-refractivity contribution in [3.05, 3.63) is 75.9 Å². The first-order chi connectivity index (χ1) is 16.9. The Morgan fingerprint density at radius 1 is 1.03 bits per heavy atom. The molecule has 2 aromatic rings. The zero-order valence-corrected chi connectivity index (χ0v) is 19.9. The lowest BCUT2D eigenvalue weighted by Gasteiger charge is -2.34. The number of benzene rings is 2. The molecular weight excluding hydrogens is 473 g/mol. The standard InChI is InChI=1S/C25H24FN3O5S/c1-2-34-24(32)28-12-10-27(11-13-28)22(30)19-8-6-17(7-9-19)15-21-23(31)29(25(33)35-21)16-18-4-3-5-20(26)14-18/h3-9,14-15H,2,10-13,16H2,1H3/b21-15-. The number of piperazine rings is 1.